The van der Waals surface area contributed by atoms with Crippen LogP contribution < -0.4 is 0 Å². The van der Waals surface area contributed by atoms with Crippen LogP contribution in [0.15, 0.2) is 0 Å². The summed E-state index contributed by atoms with van der Waals surface area (Å²) < 4.78 is 44.8. The first-order valence-corrected chi connectivity index (χ1v) is 7.75. The van der Waals surface area contributed by atoms with Gasteiger partial charge in [0.05, 0.1) is 18.1 Å². The highest BCUT2D eigenvalue weighted by molar-refractivity contribution is 5.05. The summed E-state index contributed by atoms with van der Waals surface area (Å²) in [4.78, 5) is 0. The van der Waals surface area contributed by atoms with Crippen LogP contribution in [0.1, 0.15) is 64.2 Å². The second-order valence-corrected chi connectivity index (χ2v) is 6.67. The Balaban J connectivity index is 1.80. The molecule has 1 heterocycles. The average Bonchev–Trinajstić information content (AvgIpc) is 2.73. The molecule has 19 heavy (non-hydrogen) atoms. The van der Waals surface area contributed by atoms with E-state index in [-0.39, 0.29) is 12.0 Å². The SMILES string of the molecule is FC(F)(F)C[C@@]12CCC[C@@H]1[C@H]1CCCCCC[C@@H]1O2. The van der Waals surface area contributed by atoms with Crippen molar-refractivity contribution in [3.63, 3.8) is 0 Å². The van der Waals surface area contributed by atoms with Gasteiger partial charge in [0.25, 0.3) is 0 Å². The van der Waals surface area contributed by atoms with Crippen LogP contribution in [-0.2, 0) is 4.74 Å². The lowest BCUT2D eigenvalue weighted by Crippen LogP contribution is -2.37. The summed E-state index contributed by atoms with van der Waals surface area (Å²) in [5, 5.41) is 0. The van der Waals surface area contributed by atoms with E-state index in [9.17, 15) is 13.2 Å². The zero-order chi connectivity index (χ0) is 13.5. The van der Waals surface area contributed by atoms with E-state index >= 15 is 0 Å². The van der Waals surface area contributed by atoms with Crippen LogP contribution in [-0.4, -0.2) is 17.9 Å². The molecule has 1 aliphatic heterocycles. The number of ether oxygens (including phenoxy) is 1. The molecule has 4 atom stereocenters. The van der Waals surface area contributed by atoms with Crippen molar-refractivity contribution in [2.45, 2.75) is 82.1 Å². The van der Waals surface area contributed by atoms with Crippen LogP contribution in [0.3, 0.4) is 0 Å². The highest BCUT2D eigenvalue weighted by Crippen LogP contribution is 2.57. The predicted molar refractivity (Wildman–Crippen MR) is 66.8 cm³/mol. The molecule has 2 saturated carbocycles. The van der Waals surface area contributed by atoms with Gasteiger partial charge in [0.15, 0.2) is 0 Å². The summed E-state index contributed by atoms with van der Waals surface area (Å²) in [7, 11) is 0. The normalized spacial score (nSPS) is 43.4. The van der Waals surface area contributed by atoms with Crippen LogP contribution in [0.4, 0.5) is 13.2 Å². The lowest BCUT2D eigenvalue weighted by molar-refractivity contribution is -0.189. The molecule has 0 amide bonds. The molecule has 1 nitrogen and oxygen atoms in total. The Morgan fingerprint density at radius 1 is 0.947 bits per heavy atom. The standard InChI is InChI=1S/C15H23F3O/c16-15(17,18)10-14-9-5-7-12(14)11-6-3-1-2-4-8-13(11)19-14/h11-13H,1-10H2/t11-,12-,13+,14+/m1/s1. The van der Waals surface area contributed by atoms with Crippen molar-refractivity contribution in [2.75, 3.05) is 0 Å². The van der Waals surface area contributed by atoms with Gasteiger partial charge in [0.1, 0.15) is 0 Å². The summed E-state index contributed by atoms with van der Waals surface area (Å²) in [6, 6.07) is 0. The summed E-state index contributed by atoms with van der Waals surface area (Å²) in [5.41, 5.74) is -0.863. The predicted octanol–water partition coefficient (Wildman–Crippen LogP) is 4.85. The molecule has 0 aromatic heterocycles. The Bertz CT molecular complexity index is 328. The molecular weight excluding hydrogens is 253 g/mol. The molecule has 4 heteroatoms. The van der Waals surface area contributed by atoms with E-state index in [1.807, 2.05) is 0 Å². The van der Waals surface area contributed by atoms with Gasteiger partial charge in [-0.25, -0.2) is 0 Å². The Hall–Kier alpha value is -0.250. The molecule has 110 valence electrons. The highest BCUT2D eigenvalue weighted by Gasteiger charge is 2.59. The third kappa shape index (κ3) is 2.65. The number of hydrogen-bond acceptors (Lipinski definition) is 1. The molecular formula is C15H23F3O. The van der Waals surface area contributed by atoms with Crippen LogP contribution in [0.25, 0.3) is 0 Å². The molecule has 0 spiro atoms. The summed E-state index contributed by atoms with van der Waals surface area (Å²) in [6.07, 6.45) is 4.54. The van der Waals surface area contributed by atoms with Crippen molar-refractivity contribution in [3.8, 4) is 0 Å². The molecule has 0 N–H and O–H groups in total. The van der Waals surface area contributed by atoms with Crippen LogP contribution in [0.5, 0.6) is 0 Å². The van der Waals surface area contributed by atoms with Gasteiger partial charge in [0, 0.05) is 0 Å². The van der Waals surface area contributed by atoms with Crippen molar-refractivity contribution in [3.05, 3.63) is 0 Å². The maximum absolute atomic E-state index is 12.9. The fourth-order valence-corrected chi connectivity index (χ4v) is 4.81. The number of alkyl halides is 3. The van der Waals surface area contributed by atoms with Crippen LogP contribution >= 0.6 is 0 Å². The van der Waals surface area contributed by atoms with Gasteiger partial charge in [-0.1, -0.05) is 32.1 Å². The van der Waals surface area contributed by atoms with Gasteiger partial charge in [0.2, 0.25) is 0 Å². The lowest BCUT2D eigenvalue weighted by atomic mass is 9.76. The maximum Gasteiger partial charge on any atom is 0.391 e. The maximum atomic E-state index is 12.9. The molecule has 0 radical (unpaired) electrons. The van der Waals surface area contributed by atoms with E-state index in [1.54, 1.807) is 0 Å². The smallest absolute Gasteiger partial charge is 0.371 e. The third-order valence-electron chi connectivity index (χ3n) is 5.45. The molecule has 3 rings (SSSR count). The van der Waals surface area contributed by atoms with E-state index in [2.05, 4.69) is 0 Å². The highest BCUT2D eigenvalue weighted by atomic mass is 19.4. The first-order valence-electron chi connectivity index (χ1n) is 7.75. The number of hydrogen-bond donors (Lipinski definition) is 0. The van der Waals surface area contributed by atoms with Gasteiger partial charge < -0.3 is 4.74 Å². The fraction of sp³-hybridized carbons (Fsp3) is 1.00. The second-order valence-electron chi connectivity index (χ2n) is 6.67. The average molecular weight is 276 g/mol. The van der Waals surface area contributed by atoms with E-state index in [1.165, 1.54) is 19.3 Å². The summed E-state index contributed by atoms with van der Waals surface area (Å²) in [5.74, 6) is 0.558. The Labute approximate surface area is 112 Å². The minimum absolute atomic E-state index is 0.105. The quantitative estimate of drug-likeness (QED) is 0.665. The third-order valence-corrected chi connectivity index (χ3v) is 5.45. The van der Waals surface area contributed by atoms with Crippen LogP contribution in [0.2, 0.25) is 0 Å². The Morgan fingerprint density at radius 2 is 1.68 bits per heavy atom. The lowest BCUT2D eigenvalue weighted by Gasteiger charge is -2.30. The molecule has 0 bridgehead atoms. The zero-order valence-corrected chi connectivity index (χ0v) is 11.3. The topological polar surface area (TPSA) is 9.23 Å². The molecule has 0 unspecified atom stereocenters. The zero-order valence-electron chi connectivity index (χ0n) is 11.3. The fourth-order valence-electron chi connectivity index (χ4n) is 4.81. The largest absolute Gasteiger partial charge is 0.391 e. The summed E-state index contributed by atoms with van der Waals surface area (Å²) in [6.45, 7) is 0. The molecule has 2 aliphatic carbocycles. The van der Waals surface area contributed by atoms with Crippen LogP contribution in [0, 0.1) is 11.8 Å². The van der Waals surface area contributed by atoms with Gasteiger partial charge in [-0.05, 0) is 37.5 Å². The van der Waals surface area contributed by atoms with Crippen molar-refractivity contribution >= 4 is 0 Å². The first-order chi connectivity index (χ1) is 9.00. The van der Waals surface area contributed by atoms with Crippen molar-refractivity contribution < 1.29 is 17.9 Å². The van der Waals surface area contributed by atoms with Gasteiger partial charge in [-0.2, -0.15) is 13.2 Å². The first kappa shape index (κ1) is 13.7. The van der Waals surface area contributed by atoms with Crippen molar-refractivity contribution in [1.82, 2.24) is 0 Å². The second kappa shape index (κ2) is 4.94. The number of halogens is 3. The molecule has 1 saturated heterocycles. The van der Waals surface area contributed by atoms with E-state index < -0.39 is 18.2 Å². The van der Waals surface area contributed by atoms with Gasteiger partial charge >= 0.3 is 6.18 Å². The van der Waals surface area contributed by atoms with Crippen molar-refractivity contribution in [2.24, 2.45) is 11.8 Å². The van der Waals surface area contributed by atoms with E-state index in [4.69, 9.17) is 4.74 Å². The van der Waals surface area contributed by atoms with Gasteiger partial charge in [-0.3, -0.25) is 0 Å². The number of fused-ring (bicyclic) bond motifs is 3. The van der Waals surface area contributed by atoms with Gasteiger partial charge in [-0.15, -0.1) is 0 Å². The minimum Gasteiger partial charge on any atom is -0.371 e. The minimum atomic E-state index is -4.10. The van der Waals surface area contributed by atoms with E-state index in [0.29, 0.717) is 12.3 Å². The number of rotatable bonds is 1. The monoisotopic (exact) mass is 276 g/mol. The molecule has 3 aliphatic rings. The molecule has 0 aromatic carbocycles. The Kier molecular flexibility index (Phi) is 3.57. The summed E-state index contributed by atoms with van der Waals surface area (Å²) >= 11 is 0. The van der Waals surface area contributed by atoms with Crippen molar-refractivity contribution in [1.29, 1.82) is 0 Å². The molecule has 0 aromatic rings. The molecule has 3 fully saturated rings. The van der Waals surface area contributed by atoms with E-state index in [0.717, 1.165) is 32.1 Å². The Morgan fingerprint density at radius 3 is 2.42 bits per heavy atom.